The molecule has 0 spiro atoms. The first-order chi connectivity index (χ1) is 8.72. The number of nitrogens with zero attached hydrogens (tertiary/aromatic N) is 2. The Bertz CT molecular complexity index is 544. The van der Waals surface area contributed by atoms with Gasteiger partial charge in [0.1, 0.15) is 17.4 Å². The minimum Gasteiger partial charge on any atom is -0.438 e. The van der Waals surface area contributed by atoms with Gasteiger partial charge >= 0.3 is 0 Å². The molecule has 2 rings (SSSR count). The molecular weight excluding hydrogens is 230 g/mol. The summed E-state index contributed by atoms with van der Waals surface area (Å²) in [5.74, 6) is 1.96. The molecule has 0 saturated carbocycles. The van der Waals surface area contributed by atoms with Gasteiger partial charge in [0, 0.05) is 18.1 Å². The summed E-state index contributed by atoms with van der Waals surface area (Å²) in [4.78, 5) is 8.30. The molecule has 0 bridgehead atoms. The number of nitrogen functional groups attached to an aromatic ring is 1. The summed E-state index contributed by atoms with van der Waals surface area (Å²) < 4.78 is 5.63. The van der Waals surface area contributed by atoms with Gasteiger partial charge in [-0.1, -0.05) is 25.1 Å². The number of aliphatic hydroxyl groups is 1. The number of aromatic nitrogens is 2. The van der Waals surface area contributed by atoms with Gasteiger partial charge in [0.15, 0.2) is 0 Å². The second kappa shape index (κ2) is 5.46. The van der Waals surface area contributed by atoms with E-state index in [0.717, 1.165) is 0 Å². The maximum absolute atomic E-state index is 9.21. The molecule has 1 aromatic carbocycles. The SMILES string of the molecule is CCc1nc(N)cc(Oc2ccccc2CO)n1. The lowest BCUT2D eigenvalue weighted by Crippen LogP contribution is -2.01. The molecule has 1 heterocycles. The number of para-hydroxylation sites is 1. The molecule has 0 saturated heterocycles. The topological polar surface area (TPSA) is 81.3 Å². The molecule has 0 aliphatic heterocycles. The number of rotatable bonds is 4. The van der Waals surface area contributed by atoms with Gasteiger partial charge in [0.05, 0.1) is 6.61 Å². The van der Waals surface area contributed by atoms with Gasteiger partial charge < -0.3 is 15.6 Å². The fourth-order valence-corrected chi connectivity index (χ4v) is 1.55. The second-order valence-electron chi connectivity index (χ2n) is 3.77. The number of aliphatic hydroxyl groups excluding tert-OH is 1. The predicted octanol–water partition coefficient (Wildman–Crippen LogP) is 1.91. The minimum atomic E-state index is -0.0859. The van der Waals surface area contributed by atoms with Crippen molar-refractivity contribution in [3.05, 3.63) is 41.7 Å². The normalized spacial score (nSPS) is 10.3. The van der Waals surface area contributed by atoms with Crippen molar-refractivity contribution >= 4 is 5.82 Å². The molecule has 0 aliphatic rings. The number of hydrogen-bond acceptors (Lipinski definition) is 5. The van der Waals surface area contributed by atoms with Crippen molar-refractivity contribution in [3.8, 4) is 11.6 Å². The van der Waals surface area contributed by atoms with Crippen LogP contribution >= 0.6 is 0 Å². The van der Waals surface area contributed by atoms with Crippen molar-refractivity contribution in [3.63, 3.8) is 0 Å². The molecule has 0 atom stereocenters. The molecular formula is C13H15N3O2. The zero-order chi connectivity index (χ0) is 13.0. The second-order valence-corrected chi connectivity index (χ2v) is 3.77. The first kappa shape index (κ1) is 12.3. The summed E-state index contributed by atoms with van der Waals surface area (Å²) in [7, 11) is 0. The average Bonchev–Trinajstić information content (AvgIpc) is 2.38. The molecule has 0 aliphatic carbocycles. The summed E-state index contributed by atoms with van der Waals surface area (Å²) in [6.45, 7) is 1.86. The fourth-order valence-electron chi connectivity index (χ4n) is 1.55. The molecule has 94 valence electrons. The Kier molecular flexibility index (Phi) is 3.74. The van der Waals surface area contributed by atoms with Crippen LogP contribution in [0.3, 0.4) is 0 Å². The lowest BCUT2D eigenvalue weighted by atomic mass is 10.2. The molecule has 3 N–H and O–H groups in total. The summed E-state index contributed by atoms with van der Waals surface area (Å²) in [6.07, 6.45) is 0.684. The predicted molar refractivity (Wildman–Crippen MR) is 68.3 cm³/mol. The van der Waals surface area contributed by atoms with Gasteiger partial charge in [0.2, 0.25) is 5.88 Å². The quantitative estimate of drug-likeness (QED) is 0.859. The minimum absolute atomic E-state index is 0.0859. The maximum atomic E-state index is 9.21. The van der Waals surface area contributed by atoms with Crippen molar-refractivity contribution in [2.45, 2.75) is 20.0 Å². The van der Waals surface area contributed by atoms with E-state index in [-0.39, 0.29) is 6.61 Å². The van der Waals surface area contributed by atoms with E-state index in [1.807, 2.05) is 19.1 Å². The highest BCUT2D eigenvalue weighted by atomic mass is 16.5. The highest BCUT2D eigenvalue weighted by Crippen LogP contribution is 2.24. The van der Waals surface area contributed by atoms with E-state index in [1.165, 1.54) is 0 Å². The van der Waals surface area contributed by atoms with E-state index < -0.39 is 0 Å². The van der Waals surface area contributed by atoms with Crippen LogP contribution < -0.4 is 10.5 Å². The third-order valence-corrected chi connectivity index (χ3v) is 2.44. The van der Waals surface area contributed by atoms with E-state index in [0.29, 0.717) is 35.3 Å². The van der Waals surface area contributed by atoms with Crippen LogP contribution in [0.5, 0.6) is 11.6 Å². The first-order valence-corrected chi connectivity index (χ1v) is 5.73. The molecule has 0 amide bonds. The third kappa shape index (κ3) is 2.75. The van der Waals surface area contributed by atoms with Crippen molar-refractivity contribution in [2.75, 3.05) is 5.73 Å². The van der Waals surface area contributed by atoms with Crippen LogP contribution in [0.4, 0.5) is 5.82 Å². The van der Waals surface area contributed by atoms with Crippen LogP contribution in [-0.2, 0) is 13.0 Å². The van der Waals surface area contributed by atoms with Gasteiger partial charge in [0.25, 0.3) is 0 Å². The molecule has 1 aromatic heterocycles. The van der Waals surface area contributed by atoms with Crippen LogP contribution in [-0.4, -0.2) is 15.1 Å². The molecule has 0 radical (unpaired) electrons. The Morgan fingerprint density at radius 2 is 2.06 bits per heavy atom. The first-order valence-electron chi connectivity index (χ1n) is 5.73. The highest BCUT2D eigenvalue weighted by molar-refractivity contribution is 5.39. The Labute approximate surface area is 105 Å². The zero-order valence-corrected chi connectivity index (χ0v) is 10.1. The fraction of sp³-hybridized carbons (Fsp3) is 0.231. The van der Waals surface area contributed by atoms with Crippen molar-refractivity contribution in [1.82, 2.24) is 9.97 Å². The van der Waals surface area contributed by atoms with Gasteiger partial charge in [-0.3, -0.25) is 0 Å². The van der Waals surface area contributed by atoms with Crippen molar-refractivity contribution < 1.29 is 9.84 Å². The Balaban J connectivity index is 2.30. The van der Waals surface area contributed by atoms with Crippen LogP contribution in [0, 0.1) is 0 Å². The average molecular weight is 245 g/mol. The Hall–Kier alpha value is -2.14. The van der Waals surface area contributed by atoms with E-state index in [1.54, 1.807) is 18.2 Å². The number of anilines is 1. The largest absolute Gasteiger partial charge is 0.438 e. The number of hydrogen-bond donors (Lipinski definition) is 2. The third-order valence-electron chi connectivity index (χ3n) is 2.44. The lowest BCUT2D eigenvalue weighted by Gasteiger charge is -2.09. The number of benzene rings is 1. The smallest absolute Gasteiger partial charge is 0.224 e. The number of nitrogens with two attached hydrogens (primary N) is 1. The molecule has 0 fully saturated rings. The molecule has 0 unspecified atom stereocenters. The molecule has 5 heteroatoms. The maximum Gasteiger partial charge on any atom is 0.224 e. The summed E-state index contributed by atoms with van der Waals surface area (Å²) in [5.41, 5.74) is 6.38. The molecule has 5 nitrogen and oxygen atoms in total. The standard InChI is InChI=1S/C13H15N3O2/c1-2-12-15-11(14)7-13(16-12)18-10-6-4-3-5-9(10)8-17/h3-7,17H,2,8H2,1H3,(H2,14,15,16). The van der Waals surface area contributed by atoms with Gasteiger partial charge in [-0.15, -0.1) is 0 Å². The van der Waals surface area contributed by atoms with Crippen LogP contribution in [0.15, 0.2) is 30.3 Å². The van der Waals surface area contributed by atoms with Gasteiger partial charge in [-0.25, -0.2) is 4.98 Å². The zero-order valence-electron chi connectivity index (χ0n) is 10.1. The van der Waals surface area contributed by atoms with Crippen LogP contribution in [0.1, 0.15) is 18.3 Å². The van der Waals surface area contributed by atoms with Gasteiger partial charge in [-0.2, -0.15) is 4.98 Å². The Morgan fingerprint density at radius 3 is 2.78 bits per heavy atom. The summed E-state index contributed by atoms with van der Waals surface area (Å²) in [5, 5.41) is 9.21. The van der Waals surface area contributed by atoms with Crippen LogP contribution in [0.25, 0.3) is 0 Å². The van der Waals surface area contributed by atoms with E-state index >= 15 is 0 Å². The number of aryl methyl sites for hydroxylation is 1. The van der Waals surface area contributed by atoms with E-state index in [2.05, 4.69) is 9.97 Å². The monoisotopic (exact) mass is 245 g/mol. The van der Waals surface area contributed by atoms with Gasteiger partial charge in [-0.05, 0) is 6.07 Å². The van der Waals surface area contributed by atoms with Crippen LogP contribution in [0.2, 0.25) is 0 Å². The van der Waals surface area contributed by atoms with Crippen molar-refractivity contribution in [2.24, 2.45) is 0 Å². The highest BCUT2D eigenvalue weighted by Gasteiger charge is 2.06. The molecule has 2 aromatic rings. The summed E-state index contributed by atoms with van der Waals surface area (Å²) in [6, 6.07) is 8.80. The number of ether oxygens (including phenoxy) is 1. The van der Waals surface area contributed by atoms with Crippen molar-refractivity contribution in [1.29, 1.82) is 0 Å². The lowest BCUT2D eigenvalue weighted by molar-refractivity contribution is 0.276. The summed E-state index contributed by atoms with van der Waals surface area (Å²) >= 11 is 0. The van der Waals surface area contributed by atoms with E-state index in [4.69, 9.17) is 10.5 Å². The van der Waals surface area contributed by atoms with E-state index in [9.17, 15) is 5.11 Å². The Morgan fingerprint density at radius 1 is 1.28 bits per heavy atom. The molecule has 18 heavy (non-hydrogen) atoms.